The van der Waals surface area contributed by atoms with Crippen LogP contribution < -0.4 is 9.64 Å². The first-order valence-corrected chi connectivity index (χ1v) is 8.70. The van der Waals surface area contributed by atoms with Gasteiger partial charge in [-0.15, -0.1) is 0 Å². The molecule has 1 aliphatic heterocycles. The number of carbonyl (C=O) groups excluding carboxylic acids is 1. The molecule has 1 unspecified atom stereocenters. The van der Waals surface area contributed by atoms with Crippen molar-refractivity contribution >= 4 is 11.6 Å². The van der Waals surface area contributed by atoms with Crippen molar-refractivity contribution in [3.05, 3.63) is 59.7 Å². The fourth-order valence-corrected chi connectivity index (χ4v) is 2.94. The summed E-state index contributed by atoms with van der Waals surface area (Å²) in [7, 11) is 0. The van der Waals surface area contributed by atoms with Gasteiger partial charge >= 0.3 is 0 Å². The lowest BCUT2D eigenvalue weighted by atomic mass is 10.1. The Balaban J connectivity index is 1.74. The first-order chi connectivity index (χ1) is 12.6. The van der Waals surface area contributed by atoms with Gasteiger partial charge in [-0.1, -0.05) is 6.07 Å². The van der Waals surface area contributed by atoms with Crippen molar-refractivity contribution < 1.29 is 23.0 Å². The Kier molecular flexibility index (Phi) is 5.83. The fraction of sp³-hybridized carbons (Fsp3) is 0.350. The predicted molar refractivity (Wildman–Crippen MR) is 94.6 cm³/mol. The molecule has 1 saturated heterocycles. The van der Waals surface area contributed by atoms with E-state index in [9.17, 15) is 13.6 Å². The lowest BCUT2D eigenvalue weighted by molar-refractivity contribution is 0.0679. The minimum Gasteiger partial charge on any atom is -0.491 e. The summed E-state index contributed by atoms with van der Waals surface area (Å²) in [5.41, 5.74) is 0.725. The Labute approximate surface area is 151 Å². The van der Waals surface area contributed by atoms with Gasteiger partial charge in [0.25, 0.3) is 5.91 Å². The Morgan fingerprint density at radius 1 is 1.23 bits per heavy atom. The van der Waals surface area contributed by atoms with Crippen LogP contribution in [0.1, 0.15) is 30.1 Å². The van der Waals surface area contributed by atoms with E-state index in [2.05, 4.69) is 0 Å². The lowest BCUT2D eigenvalue weighted by Gasteiger charge is -2.21. The van der Waals surface area contributed by atoms with Crippen LogP contribution in [0.3, 0.4) is 0 Å². The van der Waals surface area contributed by atoms with Gasteiger partial charge in [0.15, 0.2) is 11.6 Å². The number of carbonyl (C=O) groups is 1. The van der Waals surface area contributed by atoms with Gasteiger partial charge in [0.2, 0.25) is 0 Å². The summed E-state index contributed by atoms with van der Waals surface area (Å²) in [4.78, 5) is 14.2. The maximum absolute atomic E-state index is 13.5. The minimum atomic E-state index is -0.984. The molecule has 26 heavy (non-hydrogen) atoms. The molecule has 0 radical (unpaired) electrons. The van der Waals surface area contributed by atoms with E-state index in [-0.39, 0.29) is 12.0 Å². The molecule has 0 spiro atoms. The number of benzene rings is 2. The van der Waals surface area contributed by atoms with E-state index in [0.29, 0.717) is 30.2 Å². The summed E-state index contributed by atoms with van der Waals surface area (Å²) in [5.74, 6) is -1.65. The molecule has 0 aliphatic carbocycles. The van der Waals surface area contributed by atoms with Crippen molar-refractivity contribution in [3.8, 4) is 5.75 Å². The van der Waals surface area contributed by atoms with Crippen LogP contribution in [0.4, 0.5) is 14.5 Å². The Bertz CT molecular complexity index is 775. The summed E-state index contributed by atoms with van der Waals surface area (Å²) >= 11 is 0. The zero-order valence-electron chi connectivity index (χ0n) is 14.6. The molecule has 0 saturated carbocycles. The highest BCUT2D eigenvalue weighted by Crippen LogP contribution is 2.22. The largest absolute Gasteiger partial charge is 0.491 e. The monoisotopic (exact) mass is 361 g/mol. The summed E-state index contributed by atoms with van der Waals surface area (Å²) in [6, 6.07) is 10.3. The standard InChI is InChI=1S/C20H21F2NO3/c1-2-23(15-8-9-18(21)19(22)12-15)20(24)14-5-3-6-16(11-14)26-13-17-7-4-10-25-17/h3,5-6,8-9,11-12,17H,2,4,7,10,13H2,1H3. The third-order valence-corrected chi connectivity index (χ3v) is 4.32. The maximum atomic E-state index is 13.5. The van der Waals surface area contributed by atoms with Crippen LogP contribution in [0.15, 0.2) is 42.5 Å². The Morgan fingerprint density at radius 3 is 2.77 bits per heavy atom. The van der Waals surface area contributed by atoms with Crippen LogP contribution in [0.5, 0.6) is 5.75 Å². The Morgan fingerprint density at radius 2 is 2.08 bits per heavy atom. The van der Waals surface area contributed by atoms with Crippen LogP contribution in [-0.4, -0.2) is 31.8 Å². The van der Waals surface area contributed by atoms with Crippen LogP contribution in [-0.2, 0) is 4.74 Å². The summed E-state index contributed by atoms with van der Waals surface area (Å²) < 4.78 is 37.9. The molecular weight excluding hydrogens is 340 g/mol. The topological polar surface area (TPSA) is 38.8 Å². The van der Waals surface area contributed by atoms with Gasteiger partial charge in [0, 0.05) is 30.5 Å². The zero-order chi connectivity index (χ0) is 18.5. The van der Waals surface area contributed by atoms with Crippen molar-refractivity contribution in [1.82, 2.24) is 0 Å². The second-order valence-electron chi connectivity index (χ2n) is 6.12. The van der Waals surface area contributed by atoms with Gasteiger partial charge in [-0.05, 0) is 50.1 Å². The van der Waals surface area contributed by atoms with E-state index in [0.717, 1.165) is 31.6 Å². The van der Waals surface area contributed by atoms with Crippen molar-refractivity contribution in [2.45, 2.75) is 25.9 Å². The first-order valence-electron chi connectivity index (χ1n) is 8.70. The molecule has 0 N–H and O–H groups in total. The van der Waals surface area contributed by atoms with E-state index >= 15 is 0 Å². The molecule has 2 aromatic carbocycles. The molecule has 0 bridgehead atoms. The van der Waals surface area contributed by atoms with Gasteiger partial charge in [0.1, 0.15) is 12.4 Å². The SMILES string of the molecule is CCN(C(=O)c1cccc(OCC2CCCO2)c1)c1ccc(F)c(F)c1. The predicted octanol–water partition coefficient (Wildman–Crippen LogP) is 4.19. The number of rotatable bonds is 6. The average Bonchev–Trinajstić information content (AvgIpc) is 3.17. The Hall–Kier alpha value is -2.47. The lowest BCUT2D eigenvalue weighted by Crippen LogP contribution is -2.30. The normalized spacial score (nSPS) is 16.5. The van der Waals surface area contributed by atoms with Crippen molar-refractivity contribution in [1.29, 1.82) is 0 Å². The molecule has 138 valence electrons. The number of nitrogens with zero attached hydrogens (tertiary/aromatic N) is 1. The quantitative estimate of drug-likeness (QED) is 0.774. The van der Waals surface area contributed by atoms with Crippen molar-refractivity contribution in [2.75, 3.05) is 24.7 Å². The van der Waals surface area contributed by atoms with Crippen LogP contribution >= 0.6 is 0 Å². The molecule has 4 nitrogen and oxygen atoms in total. The minimum absolute atomic E-state index is 0.0867. The number of hydrogen-bond donors (Lipinski definition) is 0. The highest BCUT2D eigenvalue weighted by atomic mass is 19.2. The highest BCUT2D eigenvalue weighted by Gasteiger charge is 2.19. The molecule has 1 amide bonds. The zero-order valence-corrected chi connectivity index (χ0v) is 14.6. The summed E-state index contributed by atoms with van der Waals surface area (Å²) in [5, 5.41) is 0. The van der Waals surface area contributed by atoms with Crippen LogP contribution in [0, 0.1) is 11.6 Å². The van der Waals surface area contributed by atoms with E-state index < -0.39 is 11.6 Å². The molecule has 1 fully saturated rings. The molecule has 0 aromatic heterocycles. The molecule has 6 heteroatoms. The van der Waals surface area contributed by atoms with Gasteiger partial charge in [-0.3, -0.25) is 4.79 Å². The van der Waals surface area contributed by atoms with Crippen molar-refractivity contribution in [2.24, 2.45) is 0 Å². The summed E-state index contributed by atoms with van der Waals surface area (Å²) in [6.07, 6.45) is 2.09. The number of amides is 1. The van der Waals surface area contributed by atoms with E-state index in [1.54, 1.807) is 31.2 Å². The average molecular weight is 361 g/mol. The van der Waals surface area contributed by atoms with Crippen LogP contribution in [0.25, 0.3) is 0 Å². The number of hydrogen-bond acceptors (Lipinski definition) is 3. The molecular formula is C20H21F2NO3. The molecule has 1 atom stereocenters. The van der Waals surface area contributed by atoms with Gasteiger partial charge in [-0.25, -0.2) is 8.78 Å². The van der Waals surface area contributed by atoms with Gasteiger partial charge < -0.3 is 14.4 Å². The van der Waals surface area contributed by atoms with Gasteiger partial charge in [0.05, 0.1) is 6.10 Å². The van der Waals surface area contributed by atoms with Crippen LogP contribution in [0.2, 0.25) is 0 Å². The van der Waals surface area contributed by atoms with Crippen molar-refractivity contribution in [3.63, 3.8) is 0 Å². The fourth-order valence-electron chi connectivity index (χ4n) is 2.94. The van der Waals surface area contributed by atoms with E-state index in [1.807, 2.05) is 0 Å². The first kappa shape index (κ1) is 18.3. The van der Waals surface area contributed by atoms with E-state index in [1.165, 1.54) is 11.0 Å². The smallest absolute Gasteiger partial charge is 0.258 e. The molecule has 2 aromatic rings. The molecule has 1 aliphatic rings. The maximum Gasteiger partial charge on any atom is 0.258 e. The highest BCUT2D eigenvalue weighted by molar-refractivity contribution is 6.06. The third-order valence-electron chi connectivity index (χ3n) is 4.32. The number of halogens is 2. The second kappa shape index (κ2) is 8.27. The second-order valence-corrected chi connectivity index (χ2v) is 6.12. The van der Waals surface area contributed by atoms with Gasteiger partial charge in [-0.2, -0.15) is 0 Å². The van der Waals surface area contributed by atoms with E-state index in [4.69, 9.17) is 9.47 Å². The summed E-state index contributed by atoms with van der Waals surface area (Å²) in [6.45, 7) is 3.30. The number of ether oxygens (including phenoxy) is 2. The number of anilines is 1. The molecule has 1 heterocycles. The third kappa shape index (κ3) is 4.19. The molecule has 3 rings (SSSR count).